The third-order valence-corrected chi connectivity index (χ3v) is 8.70. The number of pyridine rings is 1. The molecule has 2 N–H and O–H groups in total. The van der Waals surface area contributed by atoms with Crippen molar-refractivity contribution >= 4 is 11.8 Å². The lowest BCUT2D eigenvalue weighted by molar-refractivity contribution is -0.198. The molecule has 242 valence electrons. The van der Waals surface area contributed by atoms with E-state index in [0.717, 1.165) is 12.8 Å². The molecule has 6 rings (SSSR count). The summed E-state index contributed by atoms with van der Waals surface area (Å²) in [5, 5.41) is 16.9. The monoisotopic (exact) mass is 637 g/mol. The van der Waals surface area contributed by atoms with E-state index in [9.17, 15) is 23.1 Å². The fourth-order valence-corrected chi connectivity index (χ4v) is 6.25. The van der Waals surface area contributed by atoms with Gasteiger partial charge in [0.15, 0.2) is 0 Å². The summed E-state index contributed by atoms with van der Waals surface area (Å²) in [6.07, 6.45) is -1.98. The number of ether oxygens (including phenoxy) is 2. The molecule has 5 heterocycles. The Balaban J connectivity index is 1.31. The number of nitrogens with one attached hydrogen (secondary N) is 1. The van der Waals surface area contributed by atoms with Gasteiger partial charge in [-0.25, -0.2) is 14.6 Å². The van der Waals surface area contributed by atoms with E-state index in [2.05, 4.69) is 25.4 Å². The van der Waals surface area contributed by atoms with Crippen molar-refractivity contribution in [3.8, 4) is 28.6 Å². The first-order chi connectivity index (χ1) is 21.9. The minimum absolute atomic E-state index is 0.128. The fraction of sp³-hybridized carbons (Fsp3) is 0.406. The zero-order chi connectivity index (χ0) is 32.6. The van der Waals surface area contributed by atoms with Gasteiger partial charge in [0.1, 0.15) is 17.7 Å². The Morgan fingerprint density at radius 2 is 1.83 bits per heavy atom. The predicted molar refractivity (Wildman–Crippen MR) is 162 cm³/mol. The molecule has 0 bridgehead atoms. The summed E-state index contributed by atoms with van der Waals surface area (Å²) in [4.78, 5) is 26.3. The second-order valence-electron chi connectivity index (χ2n) is 11.9. The Bertz CT molecular complexity index is 1740. The molecule has 46 heavy (non-hydrogen) atoms. The van der Waals surface area contributed by atoms with E-state index in [-0.39, 0.29) is 28.4 Å². The van der Waals surface area contributed by atoms with Crippen LogP contribution in [0.1, 0.15) is 42.4 Å². The van der Waals surface area contributed by atoms with Crippen LogP contribution >= 0.6 is 0 Å². The van der Waals surface area contributed by atoms with Crippen LogP contribution in [0.5, 0.6) is 11.8 Å². The van der Waals surface area contributed by atoms with Crippen molar-refractivity contribution in [2.75, 3.05) is 31.6 Å². The SMILES string of the molecule is COc1cc(-c2ccc([C@@H](Oc3cc(N4CCC5(CC4)CNC(C(=O)O)C5)nc(C)n3)C(F)(F)F)c(-n3ccc(C)n3)c2)ccn1. The van der Waals surface area contributed by atoms with Gasteiger partial charge in [-0.3, -0.25) is 4.79 Å². The van der Waals surface area contributed by atoms with E-state index in [4.69, 9.17) is 9.47 Å². The highest BCUT2D eigenvalue weighted by Gasteiger charge is 2.46. The van der Waals surface area contributed by atoms with E-state index >= 15 is 0 Å². The molecule has 2 aliphatic heterocycles. The van der Waals surface area contributed by atoms with E-state index < -0.39 is 24.3 Å². The molecule has 0 radical (unpaired) electrons. The lowest BCUT2D eigenvalue weighted by atomic mass is 9.76. The number of nitrogens with zero attached hydrogens (tertiary/aromatic N) is 6. The molecular weight excluding hydrogens is 603 g/mol. The number of piperidine rings is 1. The standard InChI is InChI=1S/C32H34F3N7O4/c1-19-7-11-42(40-19)25-14-21(22-6-10-36-27(15-22)45-3)4-5-23(25)29(32(33,34)35)46-28-16-26(38-20(2)39-28)41-12-8-31(9-13-41)17-24(30(43)44)37-18-31/h4-7,10-11,14-16,24,29,37H,8-9,12-13,17-18H2,1-3H3,(H,43,44)/t24?,29-/m1/s1. The lowest BCUT2D eigenvalue weighted by Gasteiger charge is -2.39. The zero-order valence-corrected chi connectivity index (χ0v) is 25.6. The topological polar surface area (TPSA) is 128 Å². The maximum absolute atomic E-state index is 14.8. The van der Waals surface area contributed by atoms with Crippen molar-refractivity contribution in [1.29, 1.82) is 0 Å². The van der Waals surface area contributed by atoms with Crippen LogP contribution in [0.3, 0.4) is 0 Å². The van der Waals surface area contributed by atoms with Gasteiger partial charge in [0, 0.05) is 49.7 Å². The summed E-state index contributed by atoms with van der Waals surface area (Å²) in [5.41, 5.74) is 1.92. The molecule has 14 heteroatoms. The Kier molecular flexibility index (Phi) is 8.32. The van der Waals surface area contributed by atoms with Crippen LogP contribution in [0.2, 0.25) is 0 Å². The van der Waals surface area contributed by atoms with Crippen LogP contribution in [-0.2, 0) is 4.79 Å². The molecule has 11 nitrogen and oxygen atoms in total. The number of halogens is 3. The Morgan fingerprint density at radius 3 is 2.48 bits per heavy atom. The lowest BCUT2D eigenvalue weighted by Crippen LogP contribution is -2.41. The van der Waals surface area contributed by atoms with Gasteiger partial charge in [-0.1, -0.05) is 12.1 Å². The van der Waals surface area contributed by atoms with Crippen LogP contribution < -0.4 is 19.7 Å². The van der Waals surface area contributed by atoms with Crippen LogP contribution in [0.15, 0.2) is 54.9 Å². The second kappa shape index (κ2) is 12.2. The molecule has 0 saturated carbocycles. The normalized spacial score (nSPS) is 18.5. The van der Waals surface area contributed by atoms with Gasteiger partial charge in [0.05, 0.1) is 18.5 Å². The number of carboxylic acid groups (broad SMARTS) is 1. The van der Waals surface area contributed by atoms with Crippen LogP contribution in [0, 0.1) is 19.3 Å². The molecule has 0 aliphatic carbocycles. The summed E-state index contributed by atoms with van der Waals surface area (Å²) in [6, 6.07) is 10.6. The van der Waals surface area contributed by atoms with Gasteiger partial charge < -0.3 is 24.8 Å². The van der Waals surface area contributed by atoms with Crippen molar-refractivity contribution in [3.63, 3.8) is 0 Å². The maximum atomic E-state index is 14.8. The van der Waals surface area contributed by atoms with Gasteiger partial charge in [-0.15, -0.1) is 0 Å². The number of methoxy groups -OCH3 is 1. The maximum Gasteiger partial charge on any atom is 0.429 e. The number of anilines is 1. The summed E-state index contributed by atoms with van der Waals surface area (Å²) < 4.78 is 56.9. The minimum Gasteiger partial charge on any atom is -0.481 e. The summed E-state index contributed by atoms with van der Waals surface area (Å²) in [6.45, 7) is 5.15. The minimum atomic E-state index is -4.80. The third-order valence-electron chi connectivity index (χ3n) is 8.70. The number of aliphatic carboxylic acids is 1. The Hall–Kier alpha value is -4.72. The predicted octanol–water partition coefficient (Wildman–Crippen LogP) is 5.07. The van der Waals surface area contributed by atoms with Crippen LogP contribution in [0.4, 0.5) is 19.0 Å². The summed E-state index contributed by atoms with van der Waals surface area (Å²) in [5.74, 6) is 0.0442. The number of carboxylic acids is 1. The van der Waals surface area contributed by atoms with Crippen molar-refractivity contribution in [3.05, 3.63) is 71.9 Å². The van der Waals surface area contributed by atoms with Crippen LogP contribution in [0.25, 0.3) is 16.8 Å². The molecule has 1 unspecified atom stereocenters. The van der Waals surface area contributed by atoms with Crippen molar-refractivity contribution in [2.45, 2.75) is 51.4 Å². The number of carbonyl (C=O) groups is 1. The zero-order valence-electron chi connectivity index (χ0n) is 25.6. The number of benzene rings is 1. The van der Waals surface area contributed by atoms with E-state index in [0.29, 0.717) is 54.6 Å². The van der Waals surface area contributed by atoms with Crippen LogP contribution in [-0.4, -0.2) is 74.8 Å². The molecular formula is C32H34F3N7O4. The molecule has 2 fully saturated rings. The first kappa shape index (κ1) is 31.3. The summed E-state index contributed by atoms with van der Waals surface area (Å²) in [7, 11) is 1.49. The first-order valence-electron chi connectivity index (χ1n) is 14.9. The average Bonchev–Trinajstić information content (AvgIpc) is 3.66. The van der Waals surface area contributed by atoms with E-state index in [1.807, 2.05) is 4.90 Å². The van der Waals surface area contributed by atoms with Gasteiger partial charge in [0.2, 0.25) is 17.9 Å². The van der Waals surface area contributed by atoms with Crippen molar-refractivity contribution in [2.24, 2.45) is 5.41 Å². The van der Waals surface area contributed by atoms with Gasteiger partial charge in [0.25, 0.3) is 0 Å². The van der Waals surface area contributed by atoms with E-state index in [1.54, 1.807) is 56.6 Å². The molecule has 4 aromatic rings. The Labute approximate surface area is 263 Å². The van der Waals surface area contributed by atoms with Crippen molar-refractivity contribution < 1.29 is 32.5 Å². The van der Waals surface area contributed by atoms with Gasteiger partial charge in [-0.05, 0) is 67.9 Å². The number of hydrogen-bond donors (Lipinski definition) is 2. The number of aromatic nitrogens is 5. The molecule has 1 spiro atoms. The number of aryl methyl sites for hydroxylation is 2. The second-order valence-corrected chi connectivity index (χ2v) is 11.9. The van der Waals surface area contributed by atoms with Crippen molar-refractivity contribution in [1.82, 2.24) is 30.0 Å². The Morgan fingerprint density at radius 1 is 1.07 bits per heavy atom. The molecule has 1 aromatic carbocycles. The smallest absolute Gasteiger partial charge is 0.429 e. The number of rotatable bonds is 8. The van der Waals surface area contributed by atoms with Gasteiger partial charge in [-0.2, -0.15) is 23.3 Å². The highest BCUT2D eigenvalue weighted by molar-refractivity contribution is 5.74. The van der Waals surface area contributed by atoms with Gasteiger partial charge >= 0.3 is 12.1 Å². The highest BCUT2D eigenvalue weighted by atomic mass is 19.4. The first-order valence-corrected chi connectivity index (χ1v) is 14.9. The molecule has 2 aliphatic rings. The van der Waals surface area contributed by atoms with E-state index in [1.165, 1.54) is 23.9 Å². The largest absolute Gasteiger partial charge is 0.481 e. The number of hydrogen-bond acceptors (Lipinski definition) is 9. The average molecular weight is 638 g/mol. The fourth-order valence-electron chi connectivity index (χ4n) is 6.25. The number of alkyl halides is 3. The third kappa shape index (κ3) is 6.48. The molecule has 2 saturated heterocycles. The quantitative estimate of drug-likeness (QED) is 0.271. The molecule has 2 atom stereocenters. The molecule has 3 aromatic heterocycles. The summed E-state index contributed by atoms with van der Waals surface area (Å²) >= 11 is 0. The highest BCUT2D eigenvalue weighted by Crippen LogP contribution is 2.42. The molecule has 0 amide bonds.